The van der Waals surface area contributed by atoms with Crippen molar-refractivity contribution in [3.63, 3.8) is 0 Å². The van der Waals surface area contributed by atoms with E-state index in [1.54, 1.807) is 6.20 Å². The van der Waals surface area contributed by atoms with Gasteiger partial charge in [0, 0.05) is 51.3 Å². The first kappa shape index (κ1) is 18.2. The van der Waals surface area contributed by atoms with E-state index in [1.165, 1.54) is 16.7 Å². The lowest BCUT2D eigenvalue weighted by Gasteiger charge is -2.36. The molecule has 0 spiro atoms. The van der Waals surface area contributed by atoms with Crippen LogP contribution in [-0.4, -0.2) is 45.8 Å². The van der Waals surface area contributed by atoms with Crippen molar-refractivity contribution < 1.29 is 0 Å². The molecule has 0 atom stereocenters. The molecule has 1 fully saturated rings. The standard InChI is InChI=1S/C22H24N6/c1-17-13-18(2)20(21(14-17)28-8-4-7-25-28)16-26-9-11-27(12-10-26)22-19(15-23)5-3-6-24-22/h3-8,13-14H,9-12,16H2,1-2H3. The quantitative estimate of drug-likeness (QED) is 0.704. The van der Waals surface area contributed by atoms with Crippen molar-refractivity contribution in [2.24, 2.45) is 0 Å². The summed E-state index contributed by atoms with van der Waals surface area (Å²) in [5, 5.41) is 13.8. The van der Waals surface area contributed by atoms with Crippen molar-refractivity contribution >= 4 is 5.82 Å². The number of rotatable bonds is 4. The lowest BCUT2D eigenvalue weighted by atomic mass is 10.0. The van der Waals surface area contributed by atoms with Crippen LogP contribution in [0.25, 0.3) is 5.69 Å². The number of pyridine rings is 1. The van der Waals surface area contributed by atoms with Gasteiger partial charge in [-0.2, -0.15) is 10.4 Å². The molecule has 28 heavy (non-hydrogen) atoms. The first-order chi connectivity index (χ1) is 13.7. The second-order valence-corrected chi connectivity index (χ2v) is 7.28. The second-order valence-electron chi connectivity index (χ2n) is 7.28. The zero-order chi connectivity index (χ0) is 19.5. The van der Waals surface area contributed by atoms with Crippen LogP contribution in [0.1, 0.15) is 22.3 Å². The van der Waals surface area contributed by atoms with Gasteiger partial charge < -0.3 is 4.90 Å². The number of piperazine rings is 1. The van der Waals surface area contributed by atoms with Gasteiger partial charge in [-0.1, -0.05) is 6.07 Å². The van der Waals surface area contributed by atoms with Crippen LogP contribution < -0.4 is 4.90 Å². The number of hydrogen-bond acceptors (Lipinski definition) is 5. The molecular weight excluding hydrogens is 348 g/mol. The Bertz CT molecular complexity index is 994. The fourth-order valence-corrected chi connectivity index (χ4v) is 3.87. The third-order valence-electron chi connectivity index (χ3n) is 5.31. The molecule has 142 valence electrons. The lowest BCUT2D eigenvalue weighted by molar-refractivity contribution is 0.248. The SMILES string of the molecule is Cc1cc(C)c(CN2CCN(c3ncccc3C#N)CC2)c(-n2cccn2)c1. The monoisotopic (exact) mass is 372 g/mol. The van der Waals surface area contributed by atoms with Crippen molar-refractivity contribution in [2.75, 3.05) is 31.1 Å². The van der Waals surface area contributed by atoms with Gasteiger partial charge in [0.15, 0.2) is 0 Å². The number of benzene rings is 1. The molecule has 3 aromatic rings. The fraction of sp³-hybridized carbons (Fsp3) is 0.318. The Morgan fingerprint density at radius 1 is 1.07 bits per heavy atom. The van der Waals surface area contributed by atoms with Crippen LogP contribution in [-0.2, 0) is 6.54 Å². The Hall–Kier alpha value is -3.17. The van der Waals surface area contributed by atoms with E-state index in [-0.39, 0.29) is 0 Å². The van der Waals surface area contributed by atoms with E-state index in [4.69, 9.17) is 0 Å². The molecule has 3 heterocycles. The Balaban J connectivity index is 1.51. The van der Waals surface area contributed by atoms with E-state index in [0.29, 0.717) is 5.56 Å². The fourth-order valence-electron chi connectivity index (χ4n) is 3.87. The number of aromatic nitrogens is 3. The van der Waals surface area contributed by atoms with E-state index in [2.05, 4.69) is 51.9 Å². The number of nitrogens with zero attached hydrogens (tertiary/aromatic N) is 6. The van der Waals surface area contributed by atoms with Gasteiger partial charge in [0.05, 0.1) is 11.3 Å². The van der Waals surface area contributed by atoms with E-state index in [1.807, 2.05) is 35.3 Å². The van der Waals surface area contributed by atoms with Crippen LogP contribution in [0.15, 0.2) is 48.9 Å². The molecule has 1 saturated heterocycles. The van der Waals surface area contributed by atoms with Crippen LogP contribution in [0.4, 0.5) is 5.82 Å². The smallest absolute Gasteiger partial charge is 0.146 e. The highest BCUT2D eigenvalue weighted by molar-refractivity contribution is 5.54. The molecular formula is C22H24N6. The normalized spacial score (nSPS) is 14.8. The third kappa shape index (κ3) is 3.62. The molecule has 1 aromatic carbocycles. The average molecular weight is 372 g/mol. The molecule has 0 aliphatic carbocycles. The molecule has 0 unspecified atom stereocenters. The van der Waals surface area contributed by atoms with Crippen LogP contribution in [0.2, 0.25) is 0 Å². The summed E-state index contributed by atoms with van der Waals surface area (Å²) in [7, 11) is 0. The summed E-state index contributed by atoms with van der Waals surface area (Å²) >= 11 is 0. The van der Waals surface area contributed by atoms with Gasteiger partial charge in [-0.05, 0) is 54.8 Å². The zero-order valence-corrected chi connectivity index (χ0v) is 16.3. The molecule has 1 aliphatic rings. The molecule has 1 aliphatic heterocycles. The van der Waals surface area contributed by atoms with Gasteiger partial charge in [-0.3, -0.25) is 4.90 Å². The third-order valence-corrected chi connectivity index (χ3v) is 5.31. The first-order valence-corrected chi connectivity index (χ1v) is 9.58. The van der Waals surface area contributed by atoms with Crippen LogP contribution in [0, 0.1) is 25.2 Å². The molecule has 6 nitrogen and oxygen atoms in total. The molecule has 0 bridgehead atoms. The Kier molecular flexibility index (Phi) is 5.09. The topological polar surface area (TPSA) is 61.0 Å². The van der Waals surface area contributed by atoms with Crippen molar-refractivity contribution in [1.82, 2.24) is 19.7 Å². The molecule has 6 heteroatoms. The number of hydrogen-bond donors (Lipinski definition) is 0. The Morgan fingerprint density at radius 3 is 2.61 bits per heavy atom. The lowest BCUT2D eigenvalue weighted by Crippen LogP contribution is -2.46. The van der Waals surface area contributed by atoms with Gasteiger partial charge in [-0.25, -0.2) is 9.67 Å². The molecule has 4 rings (SSSR count). The minimum atomic E-state index is 0.645. The number of anilines is 1. The highest BCUT2D eigenvalue weighted by atomic mass is 15.3. The maximum Gasteiger partial charge on any atom is 0.146 e. The van der Waals surface area contributed by atoms with Gasteiger partial charge in [0.2, 0.25) is 0 Å². The van der Waals surface area contributed by atoms with Crippen LogP contribution in [0.5, 0.6) is 0 Å². The first-order valence-electron chi connectivity index (χ1n) is 9.58. The molecule has 0 amide bonds. The summed E-state index contributed by atoms with van der Waals surface area (Å²) in [6, 6.07) is 12.3. The van der Waals surface area contributed by atoms with Gasteiger partial charge >= 0.3 is 0 Å². The Morgan fingerprint density at radius 2 is 1.89 bits per heavy atom. The summed E-state index contributed by atoms with van der Waals surface area (Å²) in [5.41, 5.74) is 5.66. The van der Waals surface area contributed by atoms with Crippen molar-refractivity contribution in [3.8, 4) is 11.8 Å². The molecule has 0 saturated carbocycles. The summed E-state index contributed by atoms with van der Waals surface area (Å²) < 4.78 is 1.96. The highest BCUT2D eigenvalue weighted by Gasteiger charge is 2.22. The minimum absolute atomic E-state index is 0.645. The van der Waals surface area contributed by atoms with Crippen molar-refractivity contribution in [2.45, 2.75) is 20.4 Å². The van der Waals surface area contributed by atoms with Gasteiger partial charge in [-0.15, -0.1) is 0 Å². The Labute approximate surface area is 165 Å². The maximum atomic E-state index is 9.33. The average Bonchev–Trinajstić information content (AvgIpc) is 3.25. The second kappa shape index (κ2) is 7.83. The minimum Gasteiger partial charge on any atom is -0.353 e. The van der Waals surface area contributed by atoms with E-state index in [0.717, 1.165) is 44.2 Å². The zero-order valence-electron chi connectivity index (χ0n) is 16.3. The van der Waals surface area contributed by atoms with Gasteiger partial charge in [0.25, 0.3) is 0 Å². The van der Waals surface area contributed by atoms with Crippen LogP contribution in [0.3, 0.4) is 0 Å². The van der Waals surface area contributed by atoms with E-state index < -0.39 is 0 Å². The maximum absolute atomic E-state index is 9.33. The summed E-state index contributed by atoms with van der Waals surface area (Å²) in [4.78, 5) is 9.11. The van der Waals surface area contributed by atoms with Crippen molar-refractivity contribution in [3.05, 3.63) is 71.2 Å². The summed E-state index contributed by atoms with van der Waals surface area (Å²) in [5.74, 6) is 0.799. The predicted molar refractivity (Wildman–Crippen MR) is 109 cm³/mol. The number of nitriles is 1. The van der Waals surface area contributed by atoms with E-state index >= 15 is 0 Å². The number of aryl methyl sites for hydroxylation is 2. The largest absolute Gasteiger partial charge is 0.353 e. The highest BCUT2D eigenvalue weighted by Crippen LogP contribution is 2.24. The predicted octanol–water partition coefficient (Wildman–Crippen LogP) is 3.08. The van der Waals surface area contributed by atoms with E-state index in [9.17, 15) is 5.26 Å². The van der Waals surface area contributed by atoms with Crippen molar-refractivity contribution in [1.29, 1.82) is 5.26 Å². The summed E-state index contributed by atoms with van der Waals surface area (Å²) in [6.45, 7) is 8.81. The molecule has 2 aromatic heterocycles. The van der Waals surface area contributed by atoms with Gasteiger partial charge in [0.1, 0.15) is 11.9 Å². The molecule has 0 radical (unpaired) electrons. The molecule has 0 N–H and O–H groups in total. The van der Waals surface area contributed by atoms with Crippen LogP contribution >= 0.6 is 0 Å². The summed E-state index contributed by atoms with van der Waals surface area (Å²) in [6.07, 6.45) is 5.58.